The first-order valence-electron chi connectivity index (χ1n) is 12.0. The van der Waals surface area contributed by atoms with E-state index in [2.05, 4.69) is 39.1 Å². The van der Waals surface area contributed by atoms with Crippen LogP contribution in [0.3, 0.4) is 0 Å². The van der Waals surface area contributed by atoms with E-state index in [1.807, 2.05) is 0 Å². The molecule has 0 aliphatic carbocycles. The van der Waals surface area contributed by atoms with E-state index in [1.165, 1.54) is 38.5 Å². The summed E-state index contributed by atoms with van der Waals surface area (Å²) in [6, 6.07) is 0. The fraction of sp³-hybridized carbons (Fsp3) is 1.00. The number of phosphoric acid groups is 1. The normalized spacial score (nSPS) is 13.2. The van der Waals surface area contributed by atoms with E-state index in [4.69, 9.17) is 14.5 Å². The van der Waals surface area contributed by atoms with Gasteiger partial charge in [0.15, 0.2) is 0 Å². The van der Waals surface area contributed by atoms with E-state index in [0.29, 0.717) is 11.8 Å². The molecule has 6 heteroatoms. The summed E-state index contributed by atoms with van der Waals surface area (Å²) in [5.74, 6) is 0. The molecule has 0 spiro atoms. The van der Waals surface area contributed by atoms with Crippen LogP contribution in [-0.2, 0) is 13.8 Å². The van der Waals surface area contributed by atoms with E-state index >= 15 is 0 Å². The summed E-state index contributed by atoms with van der Waals surface area (Å²) in [5.41, 5.74) is 0.653. The minimum atomic E-state index is -4.36. The largest absolute Gasteiger partial charge is 0.469 e. The van der Waals surface area contributed by atoms with Gasteiger partial charge in [-0.25, -0.2) is 4.57 Å². The molecule has 0 unspecified atom stereocenters. The van der Waals surface area contributed by atoms with Crippen LogP contribution in [-0.4, -0.2) is 29.6 Å². The van der Waals surface area contributed by atoms with Gasteiger partial charge in [0.25, 0.3) is 0 Å². The fourth-order valence-corrected chi connectivity index (χ4v) is 4.92. The number of hydrogen-bond donors (Lipinski definition) is 2. The Morgan fingerprint density at radius 3 is 1.48 bits per heavy atom. The standard InChI is InChI=1S/C23H49O5P/c1-6-15-22(7-2,8-3)16-11-13-19-27-20-14-12-17-23(9-4,10-5)18-21-28-29(24,25)26/h6-21H2,1-5H3,(H2,24,25,26). The van der Waals surface area contributed by atoms with Crippen LogP contribution in [0.2, 0.25) is 0 Å². The summed E-state index contributed by atoms with van der Waals surface area (Å²) in [4.78, 5) is 17.7. The van der Waals surface area contributed by atoms with Crippen LogP contribution < -0.4 is 0 Å². The van der Waals surface area contributed by atoms with Crippen LogP contribution >= 0.6 is 7.82 Å². The van der Waals surface area contributed by atoms with Crippen molar-refractivity contribution in [3.63, 3.8) is 0 Å². The van der Waals surface area contributed by atoms with Gasteiger partial charge in [-0.3, -0.25) is 4.52 Å². The van der Waals surface area contributed by atoms with Crippen molar-refractivity contribution in [2.24, 2.45) is 10.8 Å². The van der Waals surface area contributed by atoms with Crippen LogP contribution in [0.4, 0.5) is 0 Å². The number of rotatable bonds is 20. The van der Waals surface area contributed by atoms with Crippen molar-refractivity contribution in [3.05, 3.63) is 0 Å². The Morgan fingerprint density at radius 1 is 0.655 bits per heavy atom. The lowest BCUT2D eigenvalue weighted by Crippen LogP contribution is -2.21. The summed E-state index contributed by atoms with van der Waals surface area (Å²) >= 11 is 0. The first kappa shape index (κ1) is 29.1. The van der Waals surface area contributed by atoms with Crippen molar-refractivity contribution in [1.82, 2.24) is 0 Å². The van der Waals surface area contributed by atoms with E-state index in [-0.39, 0.29) is 12.0 Å². The van der Waals surface area contributed by atoms with Gasteiger partial charge in [0.1, 0.15) is 0 Å². The van der Waals surface area contributed by atoms with Gasteiger partial charge in [0.05, 0.1) is 6.61 Å². The first-order valence-corrected chi connectivity index (χ1v) is 13.5. The number of ether oxygens (including phenoxy) is 1. The molecule has 0 radical (unpaired) electrons. The quantitative estimate of drug-likeness (QED) is 0.155. The minimum Gasteiger partial charge on any atom is -0.381 e. The second kappa shape index (κ2) is 15.8. The summed E-state index contributed by atoms with van der Waals surface area (Å²) in [5, 5.41) is 0. The highest BCUT2D eigenvalue weighted by Crippen LogP contribution is 2.41. The lowest BCUT2D eigenvalue weighted by Gasteiger charge is -2.32. The third-order valence-corrected chi connectivity index (χ3v) is 7.68. The maximum Gasteiger partial charge on any atom is 0.469 e. The molecule has 0 saturated heterocycles. The van der Waals surface area contributed by atoms with Gasteiger partial charge in [-0.2, -0.15) is 0 Å². The highest BCUT2D eigenvalue weighted by molar-refractivity contribution is 7.46. The zero-order valence-electron chi connectivity index (χ0n) is 19.9. The smallest absolute Gasteiger partial charge is 0.381 e. The third kappa shape index (κ3) is 13.2. The highest BCUT2D eigenvalue weighted by Gasteiger charge is 2.27. The van der Waals surface area contributed by atoms with E-state index in [0.717, 1.165) is 51.7 Å². The molecular weight excluding hydrogens is 387 g/mol. The maximum atomic E-state index is 10.9. The zero-order valence-corrected chi connectivity index (χ0v) is 20.8. The van der Waals surface area contributed by atoms with Crippen LogP contribution in [0, 0.1) is 10.8 Å². The van der Waals surface area contributed by atoms with Crippen LogP contribution in [0.15, 0.2) is 0 Å². The summed E-state index contributed by atoms with van der Waals surface area (Å²) < 4.78 is 21.4. The highest BCUT2D eigenvalue weighted by atomic mass is 31.2. The minimum absolute atomic E-state index is 0.109. The van der Waals surface area contributed by atoms with Crippen molar-refractivity contribution in [2.45, 2.75) is 118 Å². The molecule has 5 nitrogen and oxygen atoms in total. The Kier molecular flexibility index (Phi) is 15.8. The van der Waals surface area contributed by atoms with Gasteiger partial charge in [0, 0.05) is 13.2 Å². The number of phosphoric ester groups is 1. The van der Waals surface area contributed by atoms with Gasteiger partial charge < -0.3 is 14.5 Å². The molecule has 2 N–H and O–H groups in total. The molecule has 0 saturated carbocycles. The van der Waals surface area contributed by atoms with Gasteiger partial charge >= 0.3 is 7.82 Å². The molecule has 0 aromatic carbocycles. The topological polar surface area (TPSA) is 76.0 Å². The Labute approximate surface area is 180 Å². The molecule has 0 fully saturated rings. The van der Waals surface area contributed by atoms with E-state index in [1.54, 1.807) is 0 Å². The Balaban J connectivity index is 3.96. The molecule has 0 aliphatic heterocycles. The first-order chi connectivity index (χ1) is 13.7. The Hall–Kier alpha value is 0.0700. The molecule has 0 amide bonds. The second-order valence-corrected chi connectivity index (χ2v) is 10.0. The molecule has 0 atom stereocenters. The van der Waals surface area contributed by atoms with Gasteiger partial charge in [0.2, 0.25) is 0 Å². The summed E-state index contributed by atoms with van der Waals surface area (Å²) in [6.45, 7) is 13.1. The SMILES string of the molecule is CCCC(CC)(CC)CCCCOCCCCC(CC)(CC)CCOP(=O)(O)O. The summed E-state index contributed by atoms with van der Waals surface area (Å²) in [6.07, 6.45) is 14.8. The molecule has 0 aromatic heterocycles. The van der Waals surface area contributed by atoms with Crippen molar-refractivity contribution < 1.29 is 23.6 Å². The second-order valence-electron chi connectivity index (χ2n) is 8.76. The monoisotopic (exact) mass is 436 g/mol. The van der Waals surface area contributed by atoms with Crippen molar-refractivity contribution in [3.8, 4) is 0 Å². The van der Waals surface area contributed by atoms with Crippen LogP contribution in [0.5, 0.6) is 0 Å². The number of unbranched alkanes of at least 4 members (excludes halogenated alkanes) is 2. The molecule has 0 rings (SSSR count). The predicted octanol–water partition coefficient (Wildman–Crippen LogP) is 7.26. The lowest BCUT2D eigenvalue weighted by molar-refractivity contribution is 0.108. The predicted molar refractivity (Wildman–Crippen MR) is 122 cm³/mol. The van der Waals surface area contributed by atoms with Gasteiger partial charge in [-0.05, 0) is 49.4 Å². The van der Waals surface area contributed by atoms with Crippen molar-refractivity contribution in [1.29, 1.82) is 0 Å². The Bertz CT molecular complexity index is 427. The van der Waals surface area contributed by atoms with Crippen LogP contribution in [0.1, 0.15) is 118 Å². The lowest BCUT2D eigenvalue weighted by atomic mass is 9.74. The van der Waals surface area contributed by atoms with Crippen molar-refractivity contribution in [2.75, 3.05) is 19.8 Å². The average Bonchev–Trinajstić information content (AvgIpc) is 2.69. The third-order valence-electron chi connectivity index (χ3n) is 7.16. The molecular formula is C23H49O5P. The van der Waals surface area contributed by atoms with Crippen LogP contribution in [0.25, 0.3) is 0 Å². The Morgan fingerprint density at radius 2 is 1.10 bits per heavy atom. The number of hydrogen-bond acceptors (Lipinski definition) is 3. The van der Waals surface area contributed by atoms with E-state index < -0.39 is 7.82 Å². The molecule has 176 valence electrons. The summed E-state index contributed by atoms with van der Waals surface area (Å²) in [7, 11) is -4.36. The van der Waals surface area contributed by atoms with E-state index in [9.17, 15) is 4.57 Å². The zero-order chi connectivity index (χ0) is 22.2. The fourth-order valence-electron chi connectivity index (χ4n) is 4.59. The van der Waals surface area contributed by atoms with Gasteiger partial charge in [-0.15, -0.1) is 0 Å². The average molecular weight is 437 g/mol. The maximum absolute atomic E-state index is 10.9. The molecule has 0 bridgehead atoms. The molecule has 0 heterocycles. The molecule has 29 heavy (non-hydrogen) atoms. The molecule has 0 aliphatic rings. The van der Waals surface area contributed by atoms with Crippen molar-refractivity contribution >= 4 is 7.82 Å². The molecule has 0 aromatic rings. The van der Waals surface area contributed by atoms with Gasteiger partial charge in [-0.1, -0.05) is 79.6 Å².